The van der Waals surface area contributed by atoms with Crippen LogP contribution in [0.4, 0.5) is 20.2 Å². The van der Waals surface area contributed by atoms with Gasteiger partial charge in [0, 0.05) is 23.2 Å². The molecule has 0 fully saturated rings. The van der Waals surface area contributed by atoms with Crippen LogP contribution >= 0.6 is 11.8 Å². The molecule has 0 radical (unpaired) electrons. The largest absolute Gasteiger partial charge is 0.326 e. The molecule has 0 spiro atoms. The maximum atomic E-state index is 13.1. The fraction of sp³-hybridized carbons (Fsp3) is 0.125. The quantitative estimate of drug-likeness (QED) is 0.820. The summed E-state index contributed by atoms with van der Waals surface area (Å²) in [5.41, 5.74) is 1.21. The Kier molecular flexibility index (Phi) is 5.70. The minimum Gasteiger partial charge on any atom is -0.326 e. The van der Waals surface area contributed by atoms with Crippen molar-refractivity contribution in [3.8, 4) is 0 Å². The van der Waals surface area contributed by atoms with Gasteiger partial charge in [0.15, 0.2) is 11.6 Å². The third-order valence-electron chi connectivity index (χ3n) is 2.75. The second-order valence-corrected chi connectivity index (χ2v) is 5.72. The molecular weight excluding hydrogens is 322 g/mol. The summed E-state index contributed by atoms with van der Waals surface area (Å²) in [7, 11) is 0. The monoisotopic (exact) mass is 336 g/mol. The lowest BCUT2D eigenvalue weighted by Gasteiger charge is -2.07. The highest BCUT2D eigenvalue weighted by Gasteiger charge is 2.07. The van der Waals surface area contributed by atoms with Crippen molar-refractivity contribution < 1.29 is 18.4 Å². The SMILES string of the molecule is CC(=O)Nc1ccc(NC(=O)CSc2ccc(F)c(F)c2)cc1. The smallest absolute Gasteiger partial charge is 0.234 e. The summed E-state index contributed by atoms with van der Waals surface area (Å²) in [5, 5.41) is 5.30. The fourth-order valence-corrected chi connectivity index (χ4v) is 2.47. The van der Waals surface area contributed by atoms with Crippen LogP contribution < -0.4 is 10.6 Å². The van der Waals surface area contributed by atoms with E-state index in [2.05, 4.69) is 10.6 Å². The first-order valence-electron chi connectivity index (χ1n) is 6.69. The van der Waals surface area contributed by atoms with Crippen molar-refractivity contribution in [3.63, 3.8) is 0 Å². The third-order valence-corrected chi connectivity index (χ3v) is 3.74. The van der Waals surface area contributed by atoms with Gasteiger partial charge in [-0.3, -0.25) is 9.59 Å². The number of hydrogen-bond acceptors (Lipinski definition) is 3. The molecule has 2 N–H and O–H groups in total. The van der Waals surface area contributed by atoms with E-state index in [1.807, 2.05) is 0 Å². The number of thioether (sulfide) groups is 1. The van der Waals surface area contributed by atoms with E-state index in [1.54, 1.807) is 24.3 Å². The number of rotatable bonds is 5. The van der Waals surface area contributed by atoms with Crippen LogP contribution in [0.1, 0.15) is 6.92 Å². The Bertz CT molecular complexity index is 721. The zero-order valence-electron chi connectivity index (χ0n) is 12.2. The molecule has 4 nitrogen and oxygen atoms in total. The Labute approximate surface area is 136 Å². The summed E-state index contributed by atoms with van der Waals surface area (Å²) in [5.74, 6) is -2.24. The number of carbonyl (C=O) groups excluding carboxylic acids is 2. The van der Waals surface area contributed by atoms with E-state index in [0.717, 1.165) is 23.9 Å². The molecule has 120 valence electrons. The summed E-state index contributed by atoms with van der Waals surface area (Å²) in [6.45, 7) is 1.41. The maximum Gasteiger partial charge on any atom is 0.234 e. The molecule has 0 saturated carbocycles. The van der Waals surface area contributed by atoms with E-state index in [4.69, 9.17) is 0 Å². The zero-order chi connectivity index (χ0) is 16.8. The van der Waals surface area contributed by atoms with Crippen molar-refractivity contribution in [2.45, 2.75) is 11.8 Å². The van der Waals surface area contributed by atoms with Crippen molar-refractivity contribution >= 4 is 35.0 Å². The van der Waals surface area contributed by atoms with E-state index in [0.29, 0.717) is 16.3 Å². The molecule has 0 aliphatic carbocycles. The number of benzene rings is 2. The van der Waals surface area contributed by atoms with Crippen LogP contribution in [0.2, 0.25) is 0 Å². The Morgan fingerprint density at radius 2 is 1.57 bits per heavy atom. The van der Waals surface area contributed by atoms with Crippen molar-refractivity contribution in [3.05, 3.63) is 54.1 Å². The highest BCUT2D eigenvalue weighted by molar-refractivity contribution is 8.00. The van der Waals surface area contributed by atoms with Gasteiger partial charge in [-0.05, 0) is 42.5 Å². The molecule has 0 atom stereocenters. The molecule has 0 unspecified atom stereocenters. The first-order valence-corrected chi connectivity index (χ1v) is 7.68. The molecule has 7 heteroatoms. The molecule has 2 aromatic carbocycles. The van der Waals surface area contributed by atoms with Crippen LogP contribution in [-0.2, 0) is 9.59 Å². The highest BCUT2D eigenvalue weighted by Crippen LogP contribution is 2.21. The Hall–Kier alpha value is -2.41. The lowest BCUT2D eigenvalue weighted by Crippen LogP contribution is -2.14. The van der Waals surface area contributed by atoms with Gasteiger partial charge in [-0.25, -0.2) is 8.78 Å². The molecular formula is C16H14F2N2O2S. The molecule has 2 rings (SSSR count). The van der Waals surface area contributed by atoms with Gasteiger partial charge in [0.05, 0.1) is 5.75 Å². The van der Waals surface area contributed by atoms with Crippen LogP contribution in [0.3, 0.4) is 0 Å². The Morgan fingerprint density at radius 3 is 2.13 bits per heavy atom. The van der Waals surface area contributed by atoms with Gasteiger partial charge < -0.3 is 10.6 Å². The fourth-order valence-electron chi connectivity index (χ4n) is 1.75. The average molecular weight is 336 g/mol. The van der Waals surface area contributed by atoms with E-state index < -0.39 is 11.6 Å². The van der Waals surface area contributed by atoms with Crippen molar-refractivity contribution in [2.75, 3.05) is 16.4 Å². The van der Waals surface area contributed by atoms with E-state index in [-0.39, 0.29) is 17.6 Å². The Morgan fingerprint density at radius 1 is 0.957 bits per heavy atom. The van der Waals surface area contributed by atoms with Gasteiger partial charge in [0.2, 0.25) is 11.8 Å². The van der Waals surface area contributed by atoms with Crippen LogP contribution in [-0.4, -0.2) is 17.6 Å². The normalized spacial score (nSPS) is 10.2. The van der Waals surface area contributed by atoms with Crippen LogP contribution in [0.25, 0.3) is 0 Å². The van der Waals surface area contributed by atoms with Gasteiger partial charge in [-0.2, -0.15) is 0 Å². The number of carbonyl (C=O) groups is 2. The lowest BCUT2D eigenvalue weighted by molar-refractivity contribution is -0.114. The summed E-state index contributed by atoms with van der Waals surface area (Å²) in [6.07, 6.45) is 0. The standard InChI is InChI=1S/C16H14F2N2O2S/c1-10(21)19-11-2-4-12(5-3-11)20-16(22)9-23-13-6-7-14(17)15(18)8-13/h2-8H,9H2,1H3,(H,19,21)(H,20,22). The molecule has 2 amide bonds. The van der Waals surface area contributed by atoms with Crippen molar-refractivity contribution in [2.24, 2.45) is 0 Å². The average Bonchev–Trinajstić information content (AvgIpc) is 2.50. The van der Waals surface area contributed by atoms with E-state index in [9.17, 15) is 18.4 Å². The summed E-state index contributed by atoms with van der Waals surface area (Å²) in [6, 6.07) is 10.1. The molecule has 0 aliphatic rings. The number of amides is 2. The van der Waals surface area contributed by atoms with Crippen molar-refractivity contribution in [1.82, 2.24) is 0 Å². The third kappa shape index (κ3) is 5.37. The molecule has 0 aliphatic heterocycles. The predicted octanol–water partition coefficient (Wildman–Crippen LogP) is 3.65. The van der Waals surface area contributed by atoms with Crippen LogP contribution in [0, 0.1) is 11.6 Å². The summed E-state index contributed by atoms with van der Waals surface area (Å²) in [4.78, 5) is 23.2. The first kappa shape index (κ1) is 17.0. The van der Waals surface area contributed by atoms with Crippen molar-refractivity contribution in [1.29, 1.82) is 0 Å². The number of hydrogen-bond donors (Lipinski definition) is 2. The first-order chi connectivity index (χ1) is 10.9. The second-order valence-electron chi connectivity index (χ2n) is 4.67. The molecule has 0 saturated heterocycles. The minimum absolute atomic E-state index is 0.0680. The van der Waals surface area contributed by atoms with Gasteiger partial charge in [-0.15, -0.1) is 11.8 Å². The molecule has 23 heavy (non-hydrogen) atoms. The van der Waals surface area contributed by atoms with Gasteiger partial charge >= 0.3 is 0 Å². The van der Waals surface area contributed by atoms with Gasteiger partial charge in [0.1, 0.15) is 0 Å². The van der Waals surface area contributed by atoms with Gasteiger partial charge in [-0.1, -0.05) is 0 Å². The summed E-state index contributed by atoms with van der Waals surface area (Å²) >= 11 is 1.11. The van der Waals surface area contributed by atoms with E-state index in [1.165, 1.54) is 13.0 Å². The second kappa shape index (κ2) is 7.73. The lowest BCUT2D eigenvalue weighted by atomic mass is 10.3. The summed E-state index contributed by atoms with van der Waals surface area (Å²) < 4.78 is 25.9. The number of anilines is 2. The van der Waals surface area contributed by atoms with Crippen LogP contribution in [0.15, 0.2) is 47.4 Å². The maximum absolute atomic E-state index is 13.1. The van der Waals surface area contributed by atoms with Gasteiger partial charge in [0.25, 0.3) is 0 Å². The number of nitrogens with one attached hydrogen (secondary N) is 2. The van der Waals surface area contributed by atoms with Crippen LogP contribution in [0.5, 0.6) is 0 Å². The molecule has 0 bridgehead atoms. The molecule has 0 aromatic heterocycles. The minimum atomic E-state index is -0.941. The molecule has 2 aromatic rings. The highest BCUT2D eigenvalue weighted by atomic mass is 32.2. The number of halogens is 2. The van der Waals surface area contributed by atoms with E-state index >= 15 is 0 Å². The zero-order valence-corrected chi connectivity index (χ0v) is 13.0. The topological polar surface area (TPSA) is 58.2 Å². The molecule has 0 heterocycles. The Balaban J connectivity index is 1.86. The predicted molar refractivity (Wildman–Crippen MR) is 86.5 cm³/mol.